The molecule has 4 nitrogen and oxygen atoms in total. The van der Waals surface area contributed by atoms with E-state index in [1.807, 2.05) is 18.2 Å². The highest BCUT2D eigenvalue weighted by Crippen LogP contribution is 2.21. The predicted octanol–water partition coefficient (Wildman–Crippen LogP) is 3.33. The molecular formula is C16H20N2O2. The summed E-state index contributed by atoms with van der Waals surface area (Å²) in [5.74, 6) is -0.543. The molecule has 4 heteroatoms. The fourth-order valence-corrected chi connectivity index (χ4v) is 2.36. The van der Waals surface area contributed by atoms with Gasteiger partial charge in [-0.15, -0.1) is 0 Å². The highest BCUT2D eigenvalue weighted by atomic mass is 16.4. The zero-order valence-corrected chi connectivity index (χ0v) is 12.1. The number of para-hydroxylation sites is 1. The van der Waals surface area contributed by atoms with Crippen molar-refractivity contribution in [2.24, 2.45) is 5.92 Å². The third kappa shape index (κ3) is 2.74. The second-order valence-electron chi connectivity index (χ2n) is 5.30. The van der Waals surface area contributed by atoms with Crippen molar-refractivity contribution in [1.82, 2.24) is 9.78 Å². The number of hydrogen-bond acceptors (Lipinski definition) is 2. The van der Waals surface area contributed by atoms with Gasteiger partial charge in [0.25, 0.3) is 0 Å². The molecule has 0 saturated heterocycles. The summed E-state index contributed by atoms with van der Waals surface area (Å²) in [6, 6.07) is 7.99. The molecule has 0 aliphatic carbocycles. The first-order chi connectivity index (χ1) is 9.54. The molecule has 1 aromatic heterocycles. The van der Waals surface area contributed by atoms with E-state index in [2.05, 4.69) is 31.9 Å². The molecule has 106 valence electrons. The van der Waals surface area contributed by atoms with Gasteiger partial charge in [0, 0.05) is 0 Å². The number of aromatic carboxylic acids is 1. The van der Waals surface area contributed by atoms with Crippen molar-refractivity contribution in [1.29, 1.82) is 0 Å². The van der Waals surface area contributed by atoms with Gasteiger partial charge in [-0.1, -0.05) is 39.0 Å². The molecule has 0 bridgehead atoms. The molecule has 1 aromatic carbocycles. The smallest absolute Gasteiger partial charge is 0.339 e. The minimum atomic E-state index is -0.916. The van der Waals surface area contributed by atoms with Gasteiger partial charge in [-0.2, -0.15) is 5.10 Å². The van der Waals surface area contributed by atoms with Crippen molar-refractivity contribution in [2.45, 2.75) is 33.6 Å². The van der Waals surface area contributed by atoms with Crippen LogP contribution in [0.5, 0.6) is 0 Å². The second-order valence-corrected chi connectivity index (χ2v) is 5.30. The standard InChI is InChI=1S/C16H20N2O2/c1-4-12-7-5-6-8-14(12)18-15(9-11(2)3)13(10-17-18)16(19)20/h5-8,10-11H,4,9H2,1-3H3,(H,19,20). The minimum absolute atomic E-state index is 0.296. The fraction of sp³-hybridized carbons (Fsp3) is 0.375. The van der Waals surface area contributed by atoms with Crippen LogP contribution in [0.1, 0.15) is 42.4 Å². The van der Waals surface area contributed by atoms with E-state index in [0.29, 0.717) is 17.9 Å². The van der Waals surface area contributed by atoms with Gasteiger partial charge in [-0.05, 0) is 30.4 Å². The van der Waals surface area contributed by atoms with Crippen LogP contribution in [0.2, 0.25) is 0 Å². The van der Waals surface area contributed by atoms with Crippen molar-refractivity contribution in [3.05, 3.63) is 47.3 Å². The van der Waals surface area contributed by atoms with Gasteiger partial charge in [0.1, 0.15) is 5.56 Å². The summed E-state index contributed by atoms with van der Waals surface area (Å²) in [6.45, 7) is 6.24. The van der Waals surface area contributed by atoms with Crippen LogP contribution in [0, 0.1) is 5.92 Å². The zero-order chi connectivity index (χ0) is 14.7. The highest BCUT2D eigenvalue weighted by molar-refractivity contribution is 5.88. The fourth-order valence-electron chi connectivity index (χ4n) is 2.36. The molecule has 20 heavy (non-hydrogen) atoms. The van der Waals surface area contributed by atoms with Gasteiger partial charge in [0.15, 0.2) is 0 Å². The van der Waals surface area contributed by atoms with E-state index in [1.165, 1.54) is 6.20 Å². The number of rotatable bonds is 5. The Morgan fingerprint density at radius 2 is 2.05 bits per heavy atom. The van der Waals surface area contributed by atoms with Crippen LogP contribution in [0.4, 0.5) is 0 Å². The van der Waals surface area contributed by atoms with E-state index in [1.54, 1.807) is 4.68 Å². The molecule has 0 fully saturated rings. The highest BCUT2D eigenvalue weighted by Gasteiger charge is 2.19. The summed E-state index contributed by atoms with van der Waals surface area (Å²) in [5.41, 5.74) is 3.20. The number of carboxylic acids is 1. The summed E-state index contributed by atoms with van der Waals surface area (Å²) in [7, 11) is 0. The average Bonchev–Trinajstić information content (AvgIpc) is 2.81. The number of carbonyl (C=O) groups is 1. The molecule has 0 amide bonds. The maximum Gasteiger partial charge on any atom is 0.339 e. The molecule has 0 aliphatic rings. The molecule has 0 spiro atoms. The molecule has 1 N–H and O–H groups in total. The Kier molecular flexibility index (Phi) is 4.23. The van der Waals surface area contributed by atoms with Crippen LogP contribution >= 0.6 is 0 Å². The number of carboxylic acid groups (broad SMARTS) is 1. The van der Waals surface area contributed by atoms with E-state index in [4.69, 9.17) is 0 Å². The average molecular weight is 272 g/mol. The van der Waals surface area contributed by atoms with Crippen LogP contribution in [0.25, 0.3) is 5.69 Å². The van der Waals surface area contributed by atoms with Crippen LogP contribution in [0.3, 0.4) is 0 Å². The zero-order valence-electron chi connectivity index (χ0n) is 12.1. The van der Waals surface area contributed by atoms with Gasteiger partial charge in [0.05, 0.1) is 17.6 Å². The Morgan fingerprint density at radius 1 is 1.35 bits per heavy atom. The monoisotopic (exact) mass is 272 g/mol. The van der Waals surface area contributed by atoms with Crippen LogP contribution < -0.4 is 0 Å². The van der Waals surface area contributed by atoms with E-state index in [-0.39, 0.29) is 0 Å². The quantitative estimate of drug-likeness (QED) is 0.908. The lowest BCUT2D eigenvalue weighted by molar-refractivity contribution is 0.0695. The van der Waals surface area contributed by atoms with Gasteiger partial charge in [-0.25, -0.2) is 9.48 Å². The molecule has 0 saturated carbocycles. The first-order valence-electron chi connectivity index (χ1n) is 6.93. The van der Waals surface area contributed by atoms with Gasteiger partial charge in [-0.3, -0.25) is 0 Å². The lowest BCUT2D eigenvalue weighted by atomic mass is 10.0. The van der Waals surface area contributed by atoms with Crippen molar-refractivity contribution in [2.75, 3.05) is 0 Å². The molecule has 0 atom stereocenters. The number of benzene rings is 1. The Labute approximate surface area is 119 Å². The minimum Gasteiger partial charge on any atom is -0.478 e. The molecule has 0 radical (unpaired) electrons. The lowest BCUT2D eigenvalue weighted by Gasteiger charge is -2.13. The predicted molar refractivity (Wildman–Crippen MR) is 78.4 cm³/mol. The second kappa shape index (κ2) is 5.90. The Hall–Kier alpha value is -2.10. The summed E-state index contributed by atoms with van der Waals surface area (Å²) in [5, 5.41) is 13.6. The number of hydrogen-bond donors (Lipinski definition) is 1. The summed E-state index contributed by atoms with van der Waals surface area (Å²) >= 11 is 0. The van der Waals surface area contributed by atoms with Gasteiger partial charge < -0.3 is 5.11 Å². The topological polar surface area (TPSA) is 55.1 Å². The lowest BCUT2D eigenvalue weighted by Crippen LogP contribution is -2.11. The molecular weight excluding hydrogens is 252 g/mol. The van der Waals surface area contributed by atoms with Crippen molar-refractivity contribution in [3.63, 3.8) is 0 Å². The van der Waals surface area contributed by atoms with Crippen molar-refractivity contribution < 1.29 is 9.90 Å². The number of aromatic nitrogens is 2. The first-order valence-corrected chi connectivity index (χ1v) is 6.93. The van der Waals surface area contributed by atoms with Gasteiger partial charge >= 0.3 is 5.97 Å². The molecule has 1 heterocycles. The summed E-state index contributed by atoms with van der Waals surface area (Å²) in [6.07, 6.45) is 3.03. The van der Waals surface area contributed by atoms with Crippen LogP contribution in [-0.2, 0) is 12.8 Å². The molecule has 0 aliphatic heterocycles. The summed E-state index contributed by atoms with van der Waals surface area (Å²) in [4.78, 5) is 11.3. The Morgan fingerprint density at radius 3 is 2.65 bits per heavy atom. The first kappa shape index (κ1) is 14.3. The largest absolute Gasteiger partial charge is 0.478 e. The van der Waals surface area contributed by atoms with Crippen LogP contribution in [0.15, 0.2) is 30.5 Å². The van der Waals surface area contributed by atoms with Crippen molar-refractivity contribution in [3.8, 4) is 5.69 Å². The number of nitrogens with zero attached hydrogens (tertiary/aromatic N) is 2. The van der Waals surface area contributed by atoms with E-state index < -0.39 is 5.97 Å². The van der Waals surface area contributed by atoms with E-state index in [9.17, 15) is 9.90 Å². The summed E-state index contributed by atoms with van der Waals surface area (Å²) < 4.78 is 1.78. The van der Waals surface area contributed by atoms with Crippen molar-refractivity contribution >= 4 is 5.97 Å². The maximum atomic E-state index is 11.3. The molecule has 2 rings (SSSR count). The van der Waals surface area contributed by atoms with Gasteiger partial charge in [0.2, 0.25) is 0 Å². The van der Waals surface area contributed by atoms with Crippen LogP contribution in [-0.4, -0.2) is 20.9 Å². The third-order valence-corrected chi connectivity index (χ3v) is 3.30. The normalized spacial score (nSPS) is 11.0. The van der Waals surface area contributed by atoms with E-state index >= 15 is 0 Å². The SMILES string of the molecule is CCc1ccccc1-n1ncc(C(=O)O)c1CC(C)C. The maximum absolute atomic E-state index is 11.3. The Bertz CT molecular complexity index is 615. The van der Waals surface area contributed by atoms with E-state index in [0.717, 1.165) is 23.4 Å². The molecule has 0 unspecified atom stereocenters. The molecule has 2 aromatic rings. The Balaban J connectivity index is 2.59. The number of aryl methyl sites for hydroxylation is 1. The third-order valence-electron chi connectivity index (χ3n) is 3.30.